The maximum atomic E-state index is 13.5. The summed E-state index contributed by atoms with van der Waals surface area (Å²) in [6, 6.07) is 20.2. The number of hydrogen-bond donors (Lipinski definition) is 1. The van der Waals surface area contributed by atoms with Crippen molar-refractivity contribution in [2.45, 2.75) is 36.4 Å². The van der Waals surface area contributed by atoms with Gasteiger partial charge >= 0.3 is 5.91 Å². The molecule has 1 unspecified atom stereocenters. The minimum absolute atomic E-state index is 0.0489. The maximum Gasteiger partial charge on any atom is 0.301 e. The first-order valence-corrected chi connectivity index (χ1v) is 15.8. The third-order valence-electron chi connectivity index (χ3n) is 6.58. The first kappa shape index (κ1) is 30.1. The summed E-state index contributed by atoms with van der Waals surface area (Å²) in [7, 11) is 0. The van der Waals surface area contributed by atoms with Gasteiger partial charge in [0.15, 0.2) is 4.34 Å². The van der Waals surface area contributed by atoms with Crippen molar-refractivity contribution in [2.75, 3.05) is 11.5 Å². The zero-order chi connectivity index (χ0) is 29.8. The SMILES string of the molecule is CC(C)CCOc1cccc(C2/C(=C(\O)c3ccc(Cl)cc3)C(=O)C(=O)N2c2nnc(SCc3ccc(Cl)cc3)s2)c1. The lowest BCUT2D eigenvalue weighted by molar-refractivity contribution is -0.132. The summed E-state index contributed by atoms with van der Waals surface area (Å²) in [6.07, 6.45) is 0.876. The van der Waals surface area contributed by atoms with Gasteiger partial charge in [0.25, 0.3) is 5.78 Å². The molecule has 11 heteroatoms. The Balaban J connectivity index is 1.52. The molecule has 5 rings (SSSR count). The largest absolute Gasteiger partial charge is 0.507 e. The molecule has 1 fully saturated rings. The Morgan fingerprint density at radius 1 is 1.02 bits per heavy atom. The summed E-state index contributed by atoms with van der Waals surface area (Å²) in [5.41, 5.74) is 1.96. The number of Topliss-reactive ketones (excluding diaryl/α,β-unsaturated/α-hetero) is 1. The van der Waals surface area contributed by atoms with Crippen LogP contribution < -0.4 is 9.64 Å². The zero-order valence-electron chi connectivity index (χ0n) is 22.8. The first-order chi connectivity index (χ1) is 20.2. The quantitative estimate of drug-likeness (QED) is 0.0614. The second-order valence-electron chi connectivity index (χ2n) is 10.0. The van der Waals surface area contributed by atoms with Crippen LogP contribution in [0.1, 0.15) is 43.0 Å². The molecule has 3 aromatic carbocycles. The van der Waals surface area contributed by atoms with Crippen LogP contribution in [0.15, 0.2) is 82.7 Å². The van der Waals surface area contributed by atoms with Crippen molar-refractivity contribution < 1.29 is 19.4 Å². The number of rotatable bonds is 10. The molecule has 1 aliphatic heterocycles. The van der Waals surface area contributed by atoms with E-state index in [1.807, 2.05) is 30.3 Å². The molecule has 4 aromatic rings. The average molecular weight is 641 g/mol. The molecule has 42 heavy (non-hydrogen) atoms. The zero-order valence-corrected chi connectivity index (χ0v) is 25.9. The van der Waals surface area contributed by atoms with Gasteiger partial charge in [-0.1, -0.05) is 84.4 Å². The second kappa shape index (κ2) is 13.3. The van der Waals surface area contributed by atoms with Crippen molar-refractivity contribution in [1.29, 1.82) is 0 Å². The van der Waals surface area contributed by atoms with E-state index in [9.17, 15) is 14.7 Å². The van der Waals surface area contributed by atoms with Gasteiger partial charge in [-0.3, -0.25) is 14.5 Å². The van der Waals surface area contributed by atoms with Crippen molar-refractivity contribution in [2.24, 2.45) is 5.92 Å². The lowest BCUT2D eigenvalue weighted by Crippen LogP contribution is -2.29. The van der Waals surface area contributed by atoms with Gasteiger partial charge in [-0.25, -0.2) is 0 Å². The molecule has 1 saturated heterocycles. The number of carbonyl (C=O) groups is 2. The van der Waals surface area contributed by atoms with Gasteiger partial charge < -0.3 is 9.84 Å². The summed E-state index contributed by atoms with van der Waals surface area (Å²) in [6.45, 7) is 4.76. The highest BCUT2D eigenvalue weighted by Gasteiger charge is 2.48. The Hall–Kier alpha value is -3.37. The Kier molecular flexibility index (Phi) is 9.53. The highest BCUT2D eigenvalue weighted by Crippen LogP contribution is 2.44. The van der Waals surface area contributed by atoms with Crippen molar-refractivity contribution >= 4 is 68.9 Å². The van der Waals surface area contributed by atoms with Crippen molar-refractivity contribution in [3.05, 3.63) is 105 Å². The van der Waals surface area contributed by atoms with Crippen LogP contribution in [-0.2, 0) is 15.3 Å². The molecule has 7 nitrogen and oxygen atoms in total. The fraction of sp³-hybridized carbons (Fsp3) is 0.226. The summed E-state index contributed by atoms with van der Waals surface area (Å²) in [5, 5.41) is 21.3. The minimum Gasteiger partial charge on any atom is -0.507 e. The summed E-state index contributed by atoms with van der Waals surface area (Å²) >= 11 is 14.7. The number of aromatic nitrogens is 2. The number of nitrogens with zero attached hydrogens (tertiary/aromatic N) is 3. The van der Waals surface area contributed by atoms with E-state index >= 15 is 0 Å². The number of benzene rings is 3. The minimum atomic E-state index is -0.948. The number of ketones is 1. The molecule has 0 spiro atoms. The van der Waals surface area contributed by atoms with E-state index in [1.165, 1.54) is 28.0 Å². The van der Waals surface area contributed by atoms with Gasteiger partial charge in [-0.2, -0.15) is 0 Å². The normalized spacial score (nSPS) is 16.4. The van der Waals surface area contributed by atoms with E-state index in [0.29, 0.717) is 49.5 Å². The van der Waals surface area contributed by atoms with Gasteiger partial charge in [-0.05, 0) is 72.0 Å². The Morgan fingerprint density at radius 3 is 2.40 bits per heavy atom. The monoisotopic (exact) mass is 639 g/mol. The first-order valence-electron chi connectivity index (χ1n) is 13.2. The highest BCUT2D eigenvalue weighted by molar-refractivity contribution is 8.00. The molecular formula is C31H27Cl2N3O4S2. The van der Waals surface area contributed by atoms with Gasteiger partial charge in [0.2, 0.25) is 5.13 Å². The van der Waals surface area contributed by atoms with Crippen LogP contribution in [0.4, 0.5) is 5.13 Å². The number of anilines is 1. The lowest BCUT2D eigenvalue weighted by Gasteiger charge is -2.23. The maximum absolute atomic E-state index is 13.5. The molecule has 1 aromatic heterocycles. The fourth-order valence-electron chi connectivity index (χ4n) is 4.38. The number of thioether (sulfide) groups is 1. The van der Waals surface area contributed by atoms with Crippen LogP contribution in [-0.4, -0.2) is 33.6 Å². The van der Waals surface area contributed by atoms with E-state index in [1.54, 1.807) is 42.5 Å². The van der Waals surface area contributed by atoms with Gasteiger partial charge in [-0.15, -0.1) is 10.2 Å². The van der Waals surface area contributed by atoms with Gasteiger partial charge in [0.05, 0.1) is 18.2 Å². The van der Waals surface area contributed by atoms with Crippen LogP contribution in [0.25, 0.3) is 5.76 Å². The van der Waals surface area contributed by atoms with Crippen LogP contribution in [0, 0.1) is 5.92 Å². The van der Waals surface area contributed by atoms with E-state index in [4.69, 9.17) is 27.9 Å². The van der Waals surface area contributed by atoms with Crippen LogP contribution in [0.2, 0.25) is 10.0 Å². The Bertz CT molecular complexity index is 1620. The topological polar surface area (TPSA) is 92.6 Å². The average Bonchev–Trinajstić information content (AvgIpc) is 3.54. The number of hydrogen-bond acceptors (Lipinski definition) is 8. The van der Waals surface area contributed by atoms with E-state index in [2.05, 4.69) is 24.0 Å². The fourth-order valence-corrected chi connectivity index (χ4v) is 6.45. The predicted molar refractivity (Wildman–Crippen MR) is 169 cm³/mol. The molecule has 1 atom stereocenters. The van der Waals surface area contributed by atoms with Crippen LogP contribution in [0.5, 0.6) is 5.75 Å². The highest BCUT2D eigenvalue weighted by atomic mass is 35.5. The van der Waals surface area contributed by atoms with Gasteiger partial charge in [0.1, 0.15) is 11.5 Å². The van der Waals surface area contributed by atoms with E-state index in [0.717, 1.165) is 12.0 Å². The molecule has 1 amide bonds. The molecule has 0 radical (unpaired) electrons. The number of ether oxygens (including phenoxy) is 1. The summed E-state index contributed by atoms with van der Waals surface area (Å²) in [4.78, 5) is 28.4. The van der Waals surface area contributed by atoms with Crippen molar-refractivity contribution in [3.8, 4) is 5.75 Å². The summed E-state index contributed by atoms with van der Waals surface area (Å²) < 4.78 is 6.60. The predicted octanol–water partition coefficient (Wildman–Crippen LogP) is 8.19. The van der Waals surface area contributed by atoms with Crippen molar-refractivity contribution in [1.82, 2.24) is 10.2 Å². The Morgan fingerprint density at radius 2 is 1.71 bits per heavy atom. The standard InChI is InChI=1S/C31H27Cl2N3O4S2/c1-18(2)14-15-40-24-5-3-4-21(16-24)26-25(27(37)20-8-12-23(33)13-9-20)28(38)29(39)36(26)30-34-35-31(42-30)41-17-19-6-10-22(32)11-7-19/h3-13,16,18,26,37H,14-15,17H2,1-2H3/b27-25+. The third kappa shape index (κ3) is 6.81. The van der Waals surface area contributed by atoms with Crippen LogP contribution in [0.3, 0.4) is 0 Å². The van der Waals surface area contributed by atoms with E-state index < -0.39 is 17.7 Å². The molecule has 2 heterocycles. The Labute approximate surface area is 262 Å². The molecule has 1 aliphatic rings. The number of carbonyl (C=O) groups excluding carboxylic acids is 2. The molecule has 0 saturated carbocycles. The van der Waals surface area contributed by atoms with E-state index in [-0.39, 0.29) is 16.5 Å². The molecule has 216 valence electrons. The number of amides is 1. The smallest absolute Gasteiger partial charge is 0.301 e. The molecule has 0 bridgehead atoms. The molecule has 1 N–H and O–H groups in total. The summed E-state index contributed by atoms with van der Waals surface area (Å²) in [5.74, 6) is -0.215. The second-order valence-corrected chi connectivity index (χ2v) is 13.1. The van der Waals surface area contributed by atoms with Crippen LogP contribution >= 0.6 is 46.3 Å². The van der Waals surface area contributed by atoms with Gasteiger partial charge in [0, 0.05) is 21.4 Å². The third-order valence-corrected chi connectivity index (χ3v) is 9.21. The number of halogens is 2. The number of aliphatic hydroxyl groups is 1. The lowest BCUT2D eigenvalue weighted by atomic mass is 9.95. The molecular weight excluding hydrogens is 613 g/mol. The number of aliphatic hydroxyl groups excluding tert-OH is 1. The molecule has 0 aliphatic carbocycles. The van der Waals surface area contributed by atoms with Crippen molar-refractivity contribution in [3.63, 3.8) is 0 Å².